The number of rotatable bonds is 0. The molecule has 0 N–H and O–H groups in total. The Hall–Kier alpha value is -0.900. The Bertz CT molecular complexity index is 465. The van der Waals surface area contributed by atoms with Crippen LogP contribution in [0.5, 0.6) is 0 Å². The van der Waals surface area contributed by atoms with Crippen molar-refractivity contribution in [1.82, 2.24) is 4.98 Å². The van der Waals surface area contributed by atoms with Crippen molar-refractivity contribution < 1.29 is 4.79 Å². The second-order valence-corrected chi connectivity index (χ2v) is 7.90. The summed E-state index contributed by atoms with van der Waals surface area (Å²) in [6.07, 6.45) is 0.772. The van der Waals surface area contributed by atoms with E-state index in [1.54, 1.807) is 11.3 Å². The molecule has 1 aliphatic rings. The molecule has 2 heterocycles. The van der Waals surface area contributed by atoms with Crippen LogP contribution in [-0.2, 0) is 11.2 Å². The zero-order valence-electron chi connectivity index (χ0n) is 12.1. The van der Waals surface area contributed by atoms with E-state index in [1.807, 2.05) is 10.4 Å². The maximum Gasteiger partial charge on any atom is 0.232 e. The number of nitrogens with zero attached hydrogens (tertiary/aromatic N) is 2. The lowest BCUT2D eigenvalue weighted by molar-refractivity contribution is -0.127. The number of carbonyl (C=O) groups is 1. The summed E-state index contributed by atoms with van der Waals surface area (Å²) in [6.45, 7) is 12.6. The molecule has 2 rings (SSSR count). The van der Waals surface area contributed by atoms with Gasteiger partial charge in [-0.2, -0.15) is 0 Å². The molecule has 0 spiro atoms. The summed E-state index contributed by atoms with van der Waals surface area (Å²) in [7, 11) is 0. The first-order valence-corrected chi connectivity index (χ1v) is 7.27. The van der Waals surface area contributed by atoms with E-state index in [0.29, 0.717) is 0 Å². The van der Waals surface area contributed by atoms with Crippen molar-refractivity contribution in [2.75, 3.05) is 4.90 Å². The van der Waals surface area contributed by atoms with Crippen molar-refractivity contribution in [3.05, 3.63) is 11.2 Å². The Labute approximate surface area is 113 Å². The van der Waals surface area contributed by atoms with Gasteiger partial charge < -0.3 is 0 Å². The number of amides is 1. The van der Waals surface area contributed by atoms with Gasteiger partial charge in [0.25, 0.3) is 0 Å². The zero-order chi connectivity index (χ0) is 13.7. The van der Waals surface area contributed by atoms with Crippen LogP contribution in [0.1, 0.15) is 47.2 Å². The Balaban J connectivity index is 2.51. The van der Waals surface area contributed by atoms with Crippen molar-refractivity contribution in [1.29, 1.82) is 0 Å². The van der Waals surface area contributed by atoms with Gasteiger partial charge in [0.05, 0.1) is 11.2 Å². The molecule has 0 saturated heterocycles. The standard InChI is InChI=1S/C14H22N2OS/c1-13(2,3)9-7-10-12(18-8-15-10)16(11(9)17)14(4,5)6/h8-9H,7H2,1-6H3. The van der Waals surface area contributed by atoms with Crippen LogP contribution in [0.2, 0.25) is 0 Å². The van der Waals surface area contributed by atoms with Crippen LogP contribution >= 0.6 is 11.3 Å². The summed E-state index contributed by atoms with van der Waals surface area (Å²) in [4.78, 5) is 19.2. The van der Waals surface area contributed by atoms with Gasteiger partial charge in [-0.1, -0.05) is 20.8 Å². The fourth-order valence-electron chi connectivity index (χ4n) is 2.43. The van der Waals surface area contributed by atoms with Crippen molar-refractivity contribution in [2.45, 2.75) is 53.5 Å². The third kappa shape index (κ3) is 2.18. The third-order valence-electron chi connectivity index (χ3n) is 3.45. The fraction of sp³-hybridized carbons (Fsp3) is 0.714. The number of carbonyl (C=O) groups excluding carboxylic acids is 1. The molecule has 0 aliphatic carbocycles. The van der Waals surface area contributed by atoms with Crippen molar-refractivity contribution >= 4 is 22.2 Å². The minimum atomic E-state index is -0.192. The lowest BCUT2D eigenvalue weighted by Crippen LogP contribution is -2.53. The first kappa shape index (κ1) is 13.5. The van der Waals surface area contributed by atoms with E-state index in [-0.39, 0.29) is 22.8 Å². The summed E-state index contributed by atoms with van der Waals surface area (Å²) in [6, 6.07) is 0. The maximum absolute atomic E-state index is 12.8. The normalized spacial score (nSPS) is 21.1. The molecule has 1 aromatic heterocycles. The molecule has 1 aromatic rings. The monoisotopic (exact) mass is 266 g/mol. The van der Waals surface area contributed by atoms with Gasteiger partial charge in [-0.25, -0.2) is 4.98 Å². The van der Waals surface area contributed by atoms with E-state index >= 15 is 0 Å². The average Bonchev–Trinajstić information content (AvgIpc) is 2.59. The fourth-order valence-corrected chi connectivity index (χ4v) is 3.45. The molecule has 3 nitrogen and oxygen atoms in total. The highest BCUT2D eigenvalue weighted by Gasteiger charge is 2.44. The summed E-state index contributed by atoms with van der Waals surface area (Å²) in [5.74, 6) is 0.262. The second-order valence-electron chi connectivity index (χ2n) is 7.07. The van der Waals surface area contributed by atoms with Crippen LogP contribution in [0.25, 0.3) is 0 Å². The predicted molar refractivity (Wildman–Crippen MR) is 76.0 cm³/mol. The van der Waals surface area contributed by atoms with Crippen LogP contribution in [0.15, 0.2) is 5.51 Å². The molecule has 1 aliphatic heterocycles. The van der Waals surface area contributed by atoms with Gasteiger partial charge in [0.1, 0.15) is 5.00 Å². The molecular formula is C14H22N2OS. The van der Waals surface area contributed by atoms with Crippen LogP contribution < -0.4 is 4.90 Å². The smallest absolute Gasteiger partial charge is 0.232 e. The van der Waals surface area contributed by atoms with Gasteiger partial charge in [-0.05, 0) is 26.2 Å². The van der Waals surface area contributed by atoms with Crippen molar-refractivity contribution in [3.8, 4) is 0 Å². The van der Waals surface area contributed by atoms with E-state index in [0.717, 1.165) is 17.1 Å². The molecule has 1 amide bonds. The van der Waals surface area contributed by atoms with Gasteiger partial charge in [-0.3, -0.25) is 9.69 Å². The lowest BCUT2D eigenvalue weighted by Gasteiger charge is -2.43. The Morgan fingerprint density at radius 1 is 1.28 bits per heavy atom. The zero-order valence-corrected chi connectivity index (χ0v) is 12.9. The van der Waals surface area contributed by atoms with E-state index in [1.165, 1.54) is 0 Å². The minimum absolute atomic E-state index is 0.0197. The highest BCUT2D eigenvalue weighted by Crippen LogP contribution is 2.43. The molecule has 100 valence electrons. The number of hydrogen-bond donors (Lipinski definition) is 0. The molecule has 18 heavy (non-hydrogen) atoms. The van der Waals surface area contributed by atoms with Gasteiger partial charge in [0.2, 0.25) is 5.91 Å². The number of hydrogen-bond acceptors (Lipinski definition) is 3. The van der Waals surface area contributed by atoms with E-state index < -0.39 is 0 Å². The average molecular weight is 266 g/mol. The first-order valence-electron chi connectivity index (χ1n) is 6.39. The van der Waals surface area contributed by atoms with E-state index in [9.17, 15) is 4.79 Å². The Morgan fingerprint density at radius 2 is 1.89 bits per heavy atom. The van der Waals surface area contributed by atoms with Crippen LogP contribution in [0.4, 0.5) is 5.00 Å². The molecule has 0 fully saturated rings. The van der Waals surface area contributed by atoms with E-state index in [4.69, 9.17) is 0 Å². The number of aromatic nitrogens is 1. The molecule has 0 radical (unpaired) electrons. The molecule has 0 saturated carbocycles. The summed E-state index contributed by atoms with van der Waals surface area (Å²) in [5.41, 5.74) is 2.71. The maximum atomic E-state index is 12.8. The van der Waals surface area contributed by atoms with Gasteiger partial charge in [-0.15, -0.1) is 11.3 Å². The largest absolute Gasteiger partial charge is 0.297 e. The Morgan fingerprint density at radius 3 is 2.39 bits per heavy atom. The van der Waals surface area contributed by atoms with Crippen LogP contribution in [0.3, 0.4) is 0 Å². The summed E-state index contributed by atoms with van der Waals surface area (Å²) in [5, 5.41) is 1.04. The lowest BCUT2D eigenvalue weighted by atomic mass is 9.75. The summed E-state index contributed by atoms with van der Waals surface area (Å²) < 4.78 is 0. The second kappa shape index (κ2) is 4.05. The predicted octanol–water partition coefficient (Wildman–Crippen LogP) is 3.49. The van der Waals surface area contributed by atoms with Gasteiger partial charge in [0.15, 0.2) is 0 Å². The molecule has 1 unspecified atom stereocenters. The molecule has 1 atom stereocenters. The third-order valence-corrected chi connectivity index (χ3v) is 4.31. The van der Waals surface area contributed by atoms with Crippen LogP contribution in [-0.4, -0.2) is 16.4 Å². The summed E-state index contributed by atoms with van der Waals surface area (Å²) >= 11 is 1.57. The van der Waals surface area contributed by atoms with Gasteiger partial charge in [0, 0.05) is 17.9 Å². The molecule has 4 heteroatoms. The van der Waals surface area contributed by atoms with Gasteiger partial charge >= 0.3 is 0 Å². The highest BCUT2D eigenvalue weighted by molar-refractivity contribution is 7.14. The SMILES string of the molecule is CC(C)(C)C1Cc2ncsc2N(C(C)(C)C)C1=O. The Kier molecular flexibility index (Phi) is 3.05. The first-order chi connectivity index (χ1) is 8.12. The molecule has 0 bridgehead atoms. The quantitative estimate of drug-likeness (QED) is 0.720. The molecule has 0 aromatic carbocycles. The number of thiazole rings is 1. The van der Waals surface area contributed by atoms with Crippen molar-refractivity contribution in [2.24, 2.45) is 11.3 Å². The van der Waals surface area contributed by atoms with Crippen molar-refractivity contribution in [3.63, 3.8) is 0 Å². The number of fused-ring (bicyclic) bond motifs is 1. The highest BCUT2D eigenvalue weighted by atomic mass is 32.1. The number of anilines is 1. The van der Waals surface area contributed by atoms with Crippen LogP contribution in [0, 0.1) is 11.3 Å². The minimum Gasteiger partial charge on any atom is -0.297 e. The molecular weight excluding hydrogens is 244 g/mol. The topological polar surface area (TPSA) is 33.2 Å². The van der Waals surface area contributed by atoms with E-state index in [2.05, 4.69) is 46.5 Å².